The number of carbonyl (C=O) groups excluding carboxylic acids is 1. The Bertz CT molecular complexity index is 915. The summed E-state index contributed by atoms with van der Waals surface area (Å²) in [5.41, 5.74) is 4.79. The summed E-state index contributed by atoms with van der Waals surface area (Å²) in [5, 5.41) is 0. The summed E-state index contributed by atoms with van der Waals surface area (Å²) in [4.78, 5) is 23.8. The highest BCUT2D eigenvalue weighted by molar-refractivity contribution is 5.96. The maximum atomic E-state index is 13.1. The van der Waals surface area contributed by atoms with Gasteiger partial charge < -0.3 is 9.47 Å². The number of fused-ring (bicyclic) bond motifs is 2. The van der Waals surface area contributed by atoms with Crippen LogP contribution < -0.4 is 0 Å². The number of hydrogen-bond acceptors (Lipinski definition) is 3. The Kier molecular flexibility index (Phi) is 3.56. The first kappa shape index (κ1) is 14.9. The minimum absolute atomic E-state index is 0.0383. The number of nitrogens with zero attached hydrogens (tertiary/aromatic N) is 4. The van der Waals surface area contributed by atoms with Gasteiger partial charge in [0.05, 0.1) is 17.9 Å². The largest absolute Gasteiger partial charge is 0.331 e. The van der Waals surface area contributed by atoms with Crippen molar-refractivity contribution in [2.45, 2.75) is 25.8 Å². The fourth-order valence-corrected chi connectivity index (χ4v) is 3.63. The number of rotatable bonds is 2. The third-order valence-electron chi connectivity index (χ3n) is 4.86. The zero-order valence-electron chi connectivity index (χ0n) is 13.9. The highest BCUT2D eigenvalue weighted by Gasteiger charge is 2.30. The molecule has 2 aromatic heterocycles. The van der Waals surface area contributed by atoms with Gasteiger partial charge in [-0.2, -0.15) is 0 Å². The zero-order chi connectivity index (χ0) is 16.7. The lowest BCUT2D eigenvalue weighted by molar-refractivity contribution is 0.0655. The minimum atomic E-state index is 0.0383. The molecule has 1 aromatic carbocycles. The highest BCUT2D eigenvalue weighted by atomic mass is 16.2. The average Bonchev–Trinajstić information content (AvgIpc) is 3.00. The van der Waals surface area contributed by atoms with E-state index in [-0.39, 0.29) is 11.9 Å². The second kappa shape index (κ2) is 5.74. The first-order valence-electron chi connectivity index (χ1n) is 8.35. The average molecular weight is 320 g/mol. The molecule has 0 saturated carbocycles. The van der Waals surface area contributed by atoms with Gasteiger partial charge in [-0.25, -0.2) is 9.97 Å². The van der Waals surface area contributed by atoms with Crippen LogP contribution in [0.25, 0.3) is 11.2 Å². The SMILES string of the molecule is CC[C@H]1c2ccccc2CCN1C(=O)c1cnc2c(c1)ncn2C. The van der Waals surface area contributed by atoms with E-state index in [1.165, 1.54) is 11.1 Å². The van der Waals surface area contributed by atoms with Crippen LogP contribution in [0.3, 0.4) is 0 Å². The maximum Gasteiger partial charge on any atom is 0.256 e. The van der Waals surface area contributed by atoms with E-state index in [9.17, 15) is 4.79 Å². The van der Waals surface area contributed by atoms with Crippen molar-refractivity contribution in [3.05, 3.63) is 59.5 Å². The maximum absolute atomic E-state index is 13.1. The van der Waals surface area contributed by atoms with Crippen molar-refractivity contribution in [1.82, 2.24) is 19.4 Å². The molecule has 0 radical (unpaired) electrons. The van der Waals surface area contributed by atoms with Crippen molar-refractivity contribution in [2.24, 2.45) is 7.05 Å². The molecule has 1 aliphatic heterocycles. The van der Waals surface area contributed by atoms with Crippen molar-refractivity contribution in [3.63, 3.8) is 0 Å². The summed E-state index contributed by atoms with van der Waals surface area (Å²) in [6, 6.07) is 10.4. The molecule has 24 heavy (non-hydrogen) atoms. The Hall–Kier alpha value is -2.69. The second-order valence-corrected chi connectivity index (χ2v) is 6.29. The van der Waals surface area contributed by atoms with E-state index in [1.54, 1.807) is 12.5 Å². The summed E-state index contributed by atoms with van der Waals surface area (Å²) >= 11 is 0. The fraction of sp³-hybridized carbons (Fsp3) is 0.316. The van der Waals surface area contributed by atoms with Crippen LogP contribution in [0.1, 0.15) is 40.9 Å². The van der Waals surface area contributed by atoms with Crippen LogP contribution in [-0.2, 0) is 13.5 Å². The molecule has 4 rings (SSSR count). The summed E-state index contributed by atoms with van der Waals surface area (Å²) < 4.78 is 1.86. The molecule has 0 fully saturated rings. The van der Waals surface area contributed by atoms with Crippen LogP contribution >= 0.6 is 0 Å². The summed E-state index contributed by atoms with van der Waals surface area (Å²) in [7, 11) is 1.90. The predicted octanol–water partition coefficient (Wildman–Crippen LogP) is 3.12. The van der Waals surface area contributed by atoms with Crippen molar-refractivity contribution >= 4 is 17.1 Å². The van der Waals surface area contributed by atoms with Crippen molar-refractivity contribution in [1.29, 1.82) is 0 Å². The van der Waals surface area contributed by atoms with E-state index in [0.29, 0.717) is 5.56 Å². The molecule has 0 N–H and O–H groups in total. The topological polar surface area (TPSA) is 51.0 Å². The molecule has 0 saturated heterocycles. The van der Waals surface area contributed by atoms with E-state index in [2.05, 4.69) is 41.2 Å². The summed E-state index contributed by atoms with van der Waals surface area (Å²) in [6.45, 7) is 2.88. The van der Waals surface area contributed by atoms with Gasteiger partial charge in [0.2, 0.25) is 0 Å². The number of hydrogen-bond donors (Lipinski definition) is 0. The van der Waals surface area contributed by atoms with Gasteiger partial charge in [0.25, 0.3) is 5.91 Å². The van der Waals surface area contributed by atoms with Crippen molar-refractivity contribution < 1.29 is 4.79 Å². The number of carbonyl (C=O) groups is 1. The van der Waals surface area contributed by atoms with E-state index >= 15 is 0 Å². The van der Waals surface area contributed by atoms with Crippen molar-refractivity contribution in [2.75, 3.05) is 6.54 Å². The molecule has 0 unspecified atom stereocenters. The Morgan fingerprint density at radius 2 is 2.12 bits per heavy atom. The molecule has 5 nitrogen and oxygen atoms in total. The van der Waals surface area contributed by atoms with Gasteiger partial charge in [0, 0.05) is 19.8 Å². The highest BCUT2D eigenvalue weighted by Crippen LogP contribution is 2.33. The Morgan fingerprint density at radius 1 is 1.29 bits per heavy atom. The molecule has 0 spiro atoms. The zero-order valence-corrected chi connectivity index (χ0v) is 13.9. The smallest absolute Gasteiger partial charge is 0.256 e. The van der Waals surface area contributed by atoms with Gasteiger partial charge in [-0.15, -0.1) is 0 Å². The van der Waals surface area contributed by atoms with E-state index < -0.39 is 0 Å². The Balaban J connectivity index is 1.70. The lowest BCUT2D eigenvalue weighted by Crippen LogP contribution is -2.39. The quantitative estimate of drug-likeness (QED) is 0.729. The first-order valence-corrected chi connectivity index (χ1v) is 8.35. The van der Waals surface area contributed by atoms with Gasteiger partial charge in [0.1, 0.15) is 5.52 Å². The normalized spacial score (nSPS) is 17.1. The van der Waals surface area contributed by atoms with Crippen LogP contribution in [0, 0.1) is 0 Å². The van der Waals surface area contributed by atoms with Crippen LogP contribution in [0.2, 0.25) is 0 Å². The molecule has 5 heteroatoms. The molecular formula is C19H20N4O. The number of aryl methyl sites for hydroxylation is 1. The van der Waals surface area contributed by atoms with E-state index in [0.717, 1.165) is 30.6 Å². The lowest BCUT2D eigenvalue weighted by atomic mass is 9.90. The number of aromatic nitrogens is 3. The molecular weight excluding hydrogens is 300 g/mol. The fourth-order valence-electron chi connectivity index (χ4n) is 3.63. The Morgan fingerprint density at radius 3 is 2.96 bits per heavy atom. The number of imidazole rings is 1. The summed E-state index contributed by atoms with van der Waals surface area (Å²) in [5.74, 6) is 0.0383. The third-order valence-corrected chi connectivity index (χ3v) is 4.86. The molecule has 3 heterocycles. The van der Waals surface area contributed by atoms with E-state index in [1.807, 2.05) is 22.6 Å². The molecule has 0 aliphatic carbocycles. The molecule has 1 aliphatic rings. The standard InChI is InChI=1S/C19H20N4O/c1-3-17-15-7-5-4-6-13(15)8-9-23(17)19(24)14-10-16-18(20-11-14)22(2)12-21-16/h4-7,10-12,17H,3,8-9H2,1-2H3/t17-/m0/s1. The molecule has 1 atom stereocenters. The van der Waals surface area contributed by atoms with Gasteiger partial charge in [-0.1, -0.05) is 31.2 Å². The Labute approximate surface area is 140 Å². The van der Waals surface area contributed by atoms with Crippen molar-refractivity contribution in [3.8, 4) is 0 Å². The number of benzene rings is 1. The third kappa shape index (κ3) is 2.28. The van der Waals surface area contributed by atoms with Crippen LogP contribution in [-0.4, -0.2) is 31.9 Å². The van der Waals surface area contributed by atoms with Crippen LogP contribution in [0.4, 0.5) is 0 Å². The number of amides is 1. The van der Waals surface area contributed by atoms with Crippen LogP contribution in [0.15, 0.2) is 42.9 Å². The number of pyridine rings is 1. The first-order chi connectivity index (χ1) is 11.7. The van der Waals surface area contributed by atoms with Gasteiger partial charge >= 0.3 is 0 Å². The van der Waals surface area contributed by atoms with Crippen LogP contribution in [0.5, 0.6) is 0 Å². The monoisotopic (exact) mass is 320 g/mol. The minimum Gasteiger partial charge on any atom is -0.331 e. The van der Waals surface area contributed by atoms with Gasteiger partial charge in [0.15, 0.2) is 5.65 Å². The molecule has 0 bridgehead atoms. The summed E-state index contributed by atoms with van der Waals surface area (Å²) in [6.07, 6.45) is 5.19. The van der Waals surface area contributed by atoms with Gasteiger partial charge in [-0.05, 0) is 30.0 Å². The molecule has 3 aromatic rings. The van der Waals surface area contributed by atoms with Gasteiger partial charge in [-0.3, -0.25) is 4.79 Å². The second-order valence-electron chi connectivity index (χ2n) is 6.29. The lowest BCUT2D eigenvalue weighted by Gasteiger charge is -2.37. The molecule has 122 valence electrons. The molecule has 1 amide bonds. The van der Waals surface area contributed by atoms with E-state index in [4.69, 9.17) is 0 Å². The predicted molar refractivity (Wildman–Crippen MR) is 92.7 cm³/mol.